The van der Waals surface area contributed by atoms with E-state index in [0.29, 0.717) is 5.58 Å². The number of halogens is 1. The molecule has 0 bridgehead atoms. The summed E-state index contributed by atoms with van der Waals surface area (Å²) in [6, 6.07) is 9.98. The lowest BCUT2D eigenvalue weighted by molar-refractivity contribution is 0.101. The number of fused-ring (bicyclic) bond motifs is 1. The zero-order valence-electron chi connectivity index (χ0n) is 10.2. The molecule has 94 valence electrons. The molecule has 0 saturated heterocycles. The fraction of sp³-hybridized carbons (Fsp3) is 0.0667. The predicted molar refractivity (Wildman–Crippen MR) is 68.6 cm³/mol. The van der Waals surface area contributed by atoms with Crippen molar-refractivity contribution in [1.29, 1.82) is 0 Å². The molecule has 2 aromatic heterocycles. The number of nitrogens with zero attached hydrogens (tertiary/aromatic N) is 1. The number of benzene rings is 1. The summed E-state index contributed by atoms with van der Waals surface area (Å²) in [5, 5.41) is 0.896. The van der Waals surface area contributed by atoms with Crippen molar-refractivity contribution in [3.63, 3.8) is 0 Å². The highest BCUT2D eigenvalue weighted by Gasteiger charge is 2.19. The Labute approximate surface area is 108 Å². The SMILES string of the molecule is Cc1c(C(=O)c2ccc(F)cn2)oc2ccccc12. The highest BCUT2D eigenvalue weighted by Crippen LogP contribution is 2.26. The van der Waals surface area contributed by atoms with Gasteiger partial charge < -0.3 is 4.42 Å². The largest absolute Gasteiger partial charge is 0.452 e. The van der Waals surface area contributed by atoms with Crippen molar-refractivity contribution >= 4 is 16.8 Å². The van der Waals surface area contributed by atoms with Crippen LogP contribution in [0.4, 0.5) is 4.39 Å². The van der Waals surface area contributed by atoms with Gasteiger partial charge >= 0.3 is 0 Å². The van der Waals surface area contributed by atoms with Gasteiger partial charge in [-0.25, -0.2) is 9.37 Å². The summed E-state index contributed by atoms with van der Waals surface area (Å²) in [6.45, 7) is 1.82. The van der Waals surface area contributed by atoms with Crippen molar-refractivity contribution in [1.82, 2.24) is 4.98 Å². The van der Waals surface area contributed by atoms with E-state index in [4.69, 9.17) is 4.42 Å². The Morgan fingerprint density at radius 2 is 2.00 bits per heavy atom. The van der Waals surface area contributed by atoms with Crippen LogP contribution in [-0.4, -0.2) is 10.8 Å². The van der Waals surface area contributed by atoms with Crippen molar-refractivity contribution in [3.05, 3.63) is 65.4 Å². The third-order valence-corrected chi connectivity index (χ3v) is 3.01. The van der Waals surface area contributed by atoms with Crippen molar-refractivity contribution < 1.29 is 13.6 Å². The minimum Gasteiger partial charge on any atom is -0.452 e. The number of ketones is 1. The Kier molecular flexibility index (Phi) is 2.63. The summed E-state index contributed by atoms with van der Waals surface area (Å²) in [5.41, 5.74) is 1.60. The van der Waals surface area contributed by atoms with E-state index < -0.39 is 5.82 Å². The Balaban J connectivity index is 2.11. The van der Waals surface area contributed by atoms with E-state index in [1.807, 2.05) is 25.1 Å². The van der Waals surface area contributed by atoms with Crippen LogP contribution in [0.5, 0.6) is 0 Å². The number of aromatic nitrogens is 1. The first-order chi connectivity index (χ1) is 9.16. The standard InChI is InChI=1S/C15H10FNO2/c1-9-11-4-2-3-5-13(11)19-15(9)14(18)12-7-6-10(16)8-17-12/h2-8H,1H3. The van der Waals surface area contributed by atoms with Gasteiger partial charge in [0.25, 0.3) is 0 Å². The number of hydrogen-bond acceptors (Lipinski definition) is 3. The Hall–Kier alpha value is -2.49. The maximum absolute atomic E-state index is 12.8. The predicted octanol–water partition coefficient (Wildman–Crippen LogP) is 3.51. The Morgan fingerprint density at radius 3 is 2.68 bits per heavy atom. The molecule has 0 fully saturated rings. The van der Waals surface area contributed by atoms with Gasteiger partial charge in [0.15, 0.2) is 5.76 Å². The average Bonchev–Trinajstić information content (AvgIpc) is 2.77. The van der Waals surface area contributed by atoms with Crippen LogP contribution in [0, 0.1) is 12.7 Å². The minimum absolute atomic E-state index is 0.170. The molecule has 0 spiro atoms. The molecule has 0 aliphatic heterocycles. The summed E-state index contributed by atoms with van der Waals surface area (Å²) < 4.78 is 18.4. The minimum atomic E-state index is -0.474. The van der Waals surface area contributed by atoms with Crippen molar-refractivity contribution in [2.75, 3.05) is 0 Å². The van der Waals surface area contributed by atoms with E-state index in [2.05, 4.69) is 4.98 Å². The van der Waals surface area contributed by atoms with Crippen molar-refractivity contribution in [3.8, 4) is 0 Å². The maximum atomic E-state index is 12.8. The van der Waals surface area contributed by atoms with E-state index >= 15 is 0 Å². The third-order valence-electron chi connectivity index (χ3n) is 3.01. The molecule has 19 heavy (non-hydrogen) atoms. The third kappa shape index (κ3) is 1.91. The second-order valence-corrected chi connectivity index (χ2v) is 4.24. The van der Waals surface area contributed by atoms with E-state index in [9.17, 15) is 9.18 Å². The highest BCUT2D eigenvalue weighted by atomic mass is 19.1. The van der Waals surface area contributed by atoms with Gasteiger partial charge in [0, 0.05) is 10.9 Å². The van der Waals surface area contributed by atoms with Crippen LogP contribution in [-0.2, 0) is 0 Å². The van der Waals surface area contributed by atoms with Crippen LogP contribution in [0.2, 0.25) is 0 Å². The van der Waals surface area contributed by atoms with Crippen molar-refractivity contribution in [2.45, 2.75) is 6.92 Å². The lowest BCUT2D eigenvalue weighted by Gasteiger charge is -1.97. The molecule has 0 radical (unpaired) electrons. The first kappa shape index (κ1) is 11.6. The molecule has 0 atom stereocenters. The molecular formula is C15H10FNO2. The summed E-state index contributed by atoms with van der Waals surface area (Å²) in [4.78, 5) is 16.1. The second kappa shape index (κ2) is 4.31. The number of carbonyl (C=O) groups excluding carboxylic acids is 1. The molecule has 0 aliphatic rings. The summed E-state index contributed by atoms with van der Waals surface area (Å²) in [5.74, 6) is -0.563. The normalized spacial score (nSPS) is 10.8. The van der Waals surface area contributed by atoms with Gasteiger partial charge in [-0.2, -0.15) is 0 Å². The molecule has 3 nitrogen and oxygen atoms in total. The number of pyridine rings is 1. The van der Waals surface area contributed by atoms with Gasteiger partial charge in [0.2, 0.25) is 5.78 Å². The number of hydrogen-bond donors (Lipinski definition) is 0. The molecule has 3 rings (SSSR count). The lowest BCUT2D eigenvalue weighted by Crippen LogP contribution is -2.04. The molecule has 1 aromatic carbocycles. The number of rotatable bonds is 2. The van der Waals surface area contributed by atoms with Gasteiger partial charge in [-0.3, -0.25) is 4.79 Å². The lowest BCUT2D eigenvalue weighted by atomic mass is 10.1. The van der Waals surface area contributed by atoms with Gasteiger partial charge in [0.1, 0.15) is 17.1 Å². The molecule has 2 heterocycles. The van der Waals surface area contributed by atoms with Crippen LogP contribution < -0.4 is 0 Å². The van der Waals surface area contributed by atoms with Crippen LogP contribution >= 0.6 is 0 Å². The van der Waals surface area contributed by atoms with Crippen LogP contribution in [0.1, 0.15) is 21.8 Å². The van der Waals surface area contributed by atoms with E-state index in [0.717, 1.165) is 17.1 Å². The zero-order chi connectivity index (χ0) is 13.4. The molecule has 3 aromatic rings. The highest BCUT2D eigenvalue weighted by molar-refractivity contribution is 6.09. The monoisotopic (exact) mass is 255 g/mol. The average molecular weight is 255 g/mol. The van der Waals surface area contributed by atoms with Gasteiger partial charge in [0.05, 0.1) is 6.20 Å². The second-order valence-electron chi connectivity index (χ2n) is 4.24. The van der Waals surface area contributed by atoms with Gasteiger partial charge in [-0.15, -0.1) is 0 Å². The zero-order valence-corrected chi connectivity index (χ0v) is 10.2. The smallest absolute Gasteiger partial charge is 0.246 e. The number of aryl methyl sites for hydroxylation is 1. The first-order valence-corrected chi connectivity index (χ1v) is 5.81. The Morgan fingerprint density at radius 1 is 1.21 bits per heavy atom. The number of furan rings is 1. The van der Waals surface area contributed by atoms with Crippen LogP contribution in [0.15, 0.2) is 47.0 Å². The quantitative estimate of drug-likeness (QED) is 0.658. The topological polar surface area (TPSA) is 43.1 Å². The summed E-state index contributed by atoms with van der Waals surface area (Å²) in [6.07, 6.45) is 1.02. The first-order valence-electron chi connectivity index (χ1n) is 5.81. The molecule has 0 aliphatic carbocycles. The van der Waals surface area contributed by atoms with Crippen molar-refractivity contribution in [2.24, 2.45) is 0 Å². The fourth-order valence-corrected chi connectivity index (χ4v) is 2.02. The van der Waals surface area contributed by atoms with Crippen LogP contribution in [0.25, 0.3) is 11.0 Å². The molecule has 0 unspecified atom stereocenters. The summed E-state index contributed by atoms with van der Waals surface area (Å²) in [7, 11) is 0. The molecular weight excluding hydrogens is 245 g/mol. The van der Waals surface area contributed by atoms with Gasteiger partial charge in [-0.05, 0) is 25.1 Å². The van der Waals surface area contributed by atoms with Crippen LogP contribution in [0.3, 0.4) is 0 Å². The molecule has 0 saturated carbocycles. The van der Waals surface area contributed by atoms with E-state index in [1.165, 1.54) is 12.1 Å². The molecule has 0 N–H and O–H groups in total. The molecule has 0 amide bonds. The maximum Gasteiger partial charge on any atom is 0.246 e. The van der Waals surface area contributed by atoms with Gasteiger partial charge in [-0.1, -0.05) is 18.2 Å². The van der Waals surface area contributed by atoms with E-state index in [1.54, 1.807) is 6.07 Å². The Bertz CT molecular complexity index is 759. The molecule has 4 heteroatoms. The van der Waals surface area contributed by atoms with E-state index in [-0.39, 0.29) is 17.2 Å². The fourth-order valence-electron chi connectivity index (χ4n) is 2.02. The number of carbonyl (C=O) groups is 1. The summed E-state index contributed by atoms with van der Waals surface area (Å²) >= 11 is 0. The number of para-hydroxylation sites is 1.